The Bertz CT molecular complexity index is 951. The smallest absolute Gasteiger partial charge is 0.313 e. The van der Waals surface area contributed by atoms with Gasteiger partial charge in [-0.15, -0.1) is 0 Å². The van der Waals surface area contributed by atoms with Crippen LogP contribution in [0.4, 0.5) is 11.4 Å². The Balaban J connectivity index is 1.49. The highest BCUT2D eigenvalue weighted by Gasteiger charge is 2.27. The maximum absolute atomic E-state index is 12.4. The summed E-state index contributed by atoms with van der Waals surface area (Å²) in [7, 11) is -3.36. The number of hydrogen-bond donors (Lipinski definition) is 2. The van der Waals surface area contributed by atoms with Crippen molar-refractivity contribution in [2.75, 3.05) is 29.4 Å². The van der Waals surface area contributed by atoms with E-state index in [4.69, 9.17) is 0 Å². The zero-order valence-corrected chi connectivity index (χ0v) is 17.1. The van der Waals surface area contributed by atoms with Crippen LogP contribution in [0.25, 0.3) is 0 Å². The lowest BCUT2D eigenvalue weighted by molar-refractivity contribution is -0.144. The highest BCUT2D eigenvalue weighted by atomic mass is 32.2. The quantitative estimate of drug-likeness (QED) is 0.734. The molecular weight excluding hydrogens is 390 g/mol. The van der Waals surface area contributed by atoms with E-state index >= 15 is 0 Å². The van der Waals surface area contributed by atoms with Crippen LogP contribution in [0.15, 0.2) is 54.6 Å². The van der Waals surface area contributed by atoms with E-state index in [9.17, 15) is 18.0 Å². The number of hydrogen-bond acceptors (Lipinski definition) is 4. The predicted octanol–water partition coefficient (Wildman–Crippen LogP) is 2.48. The predicted molar refractivity (Wildman–Crippen MR) is 113 cm³/mol. The minimum Gasteiger partial charge on any atom is -0.334 e. The standard InChI is InChI=1S/C21H25N3O4S/c1-29(27,28)23-19-9-7-18(8-10-19)22-20(25)21(26)24-13-11-17(12-14-24)15-16-5-3-2-4-6-16/h2-10,17,23H,11-15H2,1H3,(H,22,25). The molecule has 7 nitrogen and oxygen atoms in total. The van der Waals surface area contributed by atoms with Crippen molar-refractivity contribution >= 4 is 33.2 Å². The summed E-state index contributed by atoms with van der Waals surface area (Å²) >= 11 is 0. The topological polar surface area (TPSA) is 95.6 Å². The van der Waals surface area contributed by atoms with Gasteiger partial charge in [-0.25, -0.2) is 8.42 Å². The van der Waals surface area contributed by atoms with E-state index in [-0.39, 0.29) is 0 Å². The molecule has 0 spiro atoms. The van der Waals surface area contributed by atoms with Crippen LogP contribution in [0.5, 0.6) is 0 Å². The molecule has 1 aliphatic rings. The highest BCUT2D eigenvalue weighted by molar-refractivity contribution is 7.92. The van der Waals surface area contributed by atoms with E-state index in [0.717, 1.165) is 25.5 Å². The molecule has 29 heavy (non-hydrogen) atoms. The van der Waals surface area contributed by atoms with Gasteiger partial charge in [-0.3, -0.25) is 14.3 Å². The van der Waals surface area contributed by atoms with Gasteiger partial charge in [-0.1, -0.05) is 30.3 Å². The van der Waals surface area contributed by atoms with E-state index in [1.807, 2.05) is 18.2 Å². The van der Waals surface area contributed by atoms with Gasteiger partial charge in [0.15, 0.2) is 0 Å². The molecule has 1 heterocycles. The third-order valence-corrected chi connectivity index (χ3v) is 5.52. The SMILES string of the molecule is CS(=O)(=O)Nc1ccc(NC(=O)C(=O)N2CCC(Cc3ccccc3)CC2)cc1. The molecule has 0 aromatic heterocycles. The van der Waals surface area contributed by atoms with E-state index in [1.54, 1.807) is 17.0 Å². The van der Waals surface area contributed by atoms with E-state index in [0.29, 0.717) is 30.4 Å². The number of sulfonamides is 1. The fourth-order valence-corrected chi connectivity index (χ4v) is 4.02. The van der Waals surface area contributed by atoms with Gasteiger partial charge in [-0.2, -0.15) is 0 Å². The molecule has 0 atom stereocenters. The van der Waals surface area contributed by atoms with Crippen LogP contribution >= 0.6 is 0 Å². The van der Waals surface area contributed by atoms with Gasteiger partial charge in [-0.05, 0) is 55.0 Å². The number of rotatable bonds is 5. The number of carbonyl (C=O) groups is 2. The maximum atomic E-state index is 12.4. The van der Waals surface area contributed by atoms with E-state index < -0.39 is 21.8 Å². The van der Waals surface area contributed by atoms with Crippen molar-refractivity contribution in [1.82, 2.24) is 4.90 Å². The molecule has 3 rings (SSSR count). The van der Waals surface area contributed by atoms with Gasteiger partial charge in [0.1, 0.15) is 0 Å². The van der Waals surface area contributed by atoms with Crippen molar-refractivity contribution < 1.29 is 18.0 Å². The molecule has 2 N–H and O–H groups in total. The van der Waals surface area contributed by atoms with Gasteiger partial charge in [0.05, 0.1) is 6.26 Å². The second kappa shape index (κ2) is 9.09. The third kappa shape index (κ3) is 6.32. The summed E-state index contributed by atoms with van der Waals surface area (Å²) in [5.74, 6) is -0.712. The second-order valence-electron chi connectivity index (χ2n) is 7.33. The van der Waals surface area contributed by atoms with Gasteiger partial charge >= 0.3 is 11.8 Å². The summed E-state index contributed by atoms with van der Waals surface area (Å²) in [6.45, 7) is 1.14. The number of likely N-dealkylation sites (tertiary alicyclic amines) is 1. The molecule has 1 fully saturated rings. The fraction of sp³-hybridized carbons (Fsp3) is 0.333. The maximum Gasteiger partial charge on any atom is 0.313 e. The van der Waals surface area contributed by atoms with Crippen molar-refractivity contribution in [3.63, 3.8) is 0 Å². The lowest BCUT2D eigenvalue weighted by atomic mass is 9.90. The summed E-state index contributed by atoms with van der Waals surface area (Å²) in [5, 5.41) is 2.57. The van der Waals surface area contributed by atoms with Crippen molar-refractivity contribution in [3.8, 4) is 0 Å². The number of nitrogens with zero attached hydrogens (tertiary/aromatic N) is 1. The van der Waals surface area contributed by atoms with Gasteiger partial charge in [0, 0.05) is 24.5 Å². The van der Waals surface area contributed by atoms with Crippen LogP contribution in [0, 0.1) is 5.92 Å². The molecule has 154 valence electrons. The Morgan fingerprint density at radius 1 is 0.966 bits per heavy atom. The van der Waals surface area contributed by atoms with Crippen LogP contribution in [0.1, 0.15) is 18.4 Å². The molecule has 2 aromatic rings. The molecule has 8 heteroatoms. The first-order chi connectivity index (χ1) is 13.8. The Labute approximate surface area is 171 Å². The van der Waals surface area contributed by atoms with Crippen molar-refractivity contribution in [2.24, 2.45) is 5.92 Å². The highest BCUT2D eigenvalue weighted by Crippen LogP contribution is 2.22. The fourth-order valence-electron chi connectivity index (χ4n) is 3.45. The molecule has 1 aliphatic heterocycles. The Morgan fingerprint density at radius 2 is 1.55 bits per heavy atom. The Morgan fingerprint density at radius 3 is 2.14 bits per heavy atom. The lowest BCUT2D eigenvalue weighted by Crippen LogP contribution is -2.44. The summed E-state index contributed by atoms with van der Waals surface area (Å²) in [6, 6.07) is 16.4. The molecule has 0 aliphatic carbocycles. The van der Waals surface area contributed by atoms with Crippen LogP contribution in [-0.4, -0.2) is 44.5 Å². The average molecular weight is 416 g/mol. The first-order valence-electron chi connectivity index (χ1n) is 9.52. The van der Waals surface area contributed by atoms with E-state index in [2.05, 4.69) is 22.2 Å². The van der Waals surface area contributed by atoms with Crippen molar-refractivity contribution in [2.45, 2.75) is 19.3 Å². The molecule has 2 aromatic carbocycles. The molecule has 2 amide bonds. The summed E-state index contributed by atoms with van der Waals surface area (Å²) in [6.07, 6.45) is 3.80. The van der Waals surface area contributed by atoms with Gasteiger partial charge in [0.25, 0.3) is 0 Å². The average Bonchev–Trinajstić information content (AvgIpc) is 2.69. The minimum absolute atomic E-state index is 0.386. The Hall–Kier alpha value is -2.87. The third-order valence-electron chi connectivity index (χ3n) is 4.91. The molecule has 1 saturated heterocycles. The monoisotopic (exact) mass is 415 g/mol. The summed E-state index contributed by atoms with van der Waals surface area (Å²) in [4.78, 5) is 26.3. The number of nitrogens with one attached hydrogen (secondary N) is 2. The number of amides is 2. The van der Waals surface area contributed by atoms with Crippen LogP contribution in [0.2, 0.25) is 0 Å². The molecule has 0 saturated carbocycles. The van der Waals surface area contributed by atoms with Crippen LogP contribution < -0.4 is 10.0 Å². The number of carbonyl (C=O) groups excluding carboxylic acids is 2. The second-order valence-corrected chi connectivity index (χ2v) is 9.08. The molecular formula is C21H25N3O4S. The number of piperidine rings is 1. The van der Waals surface area contributed by atoms with Gasteiger partial charge in [0.2, 0.25) is 10.0 Å². The van der Waals surface area contributed by atoms with E-state index in [1.165, 1.54) is 17.7 Å². The number of anilines is 2. The summed E-state index contributed by atoms with van der Waals surface area (Å²) in [5.41, 5.74) is 2.11. The first kappa shape index (κ1) is 20.9. The van der Waals surface area contributed by atoms with Crippen LogP contribution in [0.3, 0.4) is 0 Å². The minimum atomic E-state index is -3.36. The molecule has 0 radical (unpaired) electrons. The van der Waals surface area contributed by atoms with Crippen molar-refractivity contribution in [3.05, 3.63) is 60.2 Å². The van der Waals surface area contributed by atoms with Gasteiger partial charge < -0.3 is 10.2 Å². The normalized spacial score (nSPS) is 15.0. The molecule has 0 bridgehead atoms. The largest absolute Gasteiger partial charge is 0.334 e. The van der Waals surface area contributed by atoms with Crippen molar-refractivity contribution in [1.29, 1.82) is 0 Å². The Kier molecular flexibility index (Phi) is 6.53. The molecule has 0 unspecified atom stereocenters. The zero-order valence-electron chi connectivity index (χ0n) is 16.3. The number of benzene rings is 2. The van der Waals surface area contributed by atoms with Crippen LogP contribution in [-0.2, 0) is 26.0 Å². The summed E-state index contributed by atoms with van der Waals surface area (Å²) < 4.78 is 24.8. The first-order valence-corrected chi connectivity index (χ1v) is 11.4. The zero-order chi connectivity index (χ0) is 20.9. The lowest BCUT2D eigenvalue weighted by Gasteiger charge is -2.31.